The number of hydrogen-bond acceptors (Lipinski definition) is 0. The highest BCUT2D eigenvalue weighted by Crippen LogP contribution is 2.28. The second-order valence-corrected chi connectivity index (χ2v) is 17.7. The van der Waals surface area contributed by atoms with E-state index in [-0.39, 0.29) is 12.3 Å². The lowest BCUT2D eigenvalue weighted by Gasteiger charge is -2.18. The van der Waals surface area contributed by atoms with Crippen molar-refractivity contribution in [1.82, 2.24) is 0 Å². The Morgan fingerprint density at radius 2 is 0.750 bits per heavy atom. The summed E-state index contributed by atoms with van der Waals surface area (Å²) in [6, 6.07) is 0. The van der Waals surface area contributed by atoms with E-state index in [4.69, 9.17) is 9.60 Å². The van der Waals surface area contributed by atoms with Crippen LogP contribution in [0, 0.1) is 41.4 Å². The first-order valence-corrected chi connectivity index (χ1v) is 25.8. The van der Waals surface area contributed by atoms with Crippen LogP contribution in [0.4, 0.5) is 13.2 Å². The zero-order chi connectivity index (χ0) is 56.1. The molecule has 0 saturated heterocycles. The van der Waals surface area contributed by atoms with Gasteiger partial charge in [-0.05, 0) is 41.9 Å². The van der Waals surface area contributed by atoms with Crippen LogP contribution < -0.4 is 0 Å². The van der Waals surface area contributed by atoms with Crippen LogP contribution >= 0.6 is 0 Å². The fraction of sp³-hybridized carbons (Fsp3) is 1.00. The Bertz CT molecular complexity index is 799. The third-order valence-corrected chi connectivity index (χ3v) is 8.19. The monoisotopic (exact) mass is 880 g/mol. The minimum atomic E-state index is -3.99. The molecule has 0 radical (unpaired) electrons. The normalized spacial score (nSPS) is 15.8. The van der Waals surface area contributed by atoms with Gasteiger partial charge in [-0.3, -0.25) is 0 Å². The predicted octanol–water partition coefficient (Wildman–Crippen LogP) is 24.2. The van der Waals surface area contributed by atoms with Gasteiger partial charge >= 0.3 is 6.18 Å². The summed E-state index contributed by atoms with van der Waals surface area (Å²) in [7, 11) is 0. The molecule has 0 aromatic carbocycles. The highest BCUT2D eigenvalue weighted by atomic mass is 19.4. The van der Waals surface area contributed by atoms with Crippen molar-refractivity contribution in [2.75, 3.05) is 0 Å². The van der Waals surface area contributed by atoms with Crippen LogP contribution in [0.25, 0.3) is 0 Å². The van der Waals surface area contributed by atoms with Crippen molar-refractivity contribution in [3.8, 4) is 0 Å². The molecular formula is C57H131F3. The van der Waals surface area contributed by atoms with Crippen molar-refractivity contribution in [3.63, 3.8) is 0 Å². The standard InChI is InChI=1S/C8H16.C7H14.C6H14.C5H9F3.2C5H12.4C4H10.C3H8.C2H6/c1-2-8-6-4-3-5-7-8;1-2-7-5-3-4-6-7;1-4-5-6(2)3;1-3-4(2)5(6,7)8;1-4-5(2)3;1-3-5-4-2;2*1-4(2)3;2*1-3-4-2;1-3-2;1-2/h8H,2-7H2,1H3;7H,2-6H2,1H3;6H,4-5H2,1-3H3;4H,3H2,1-2H3;5H,4H2,1-3H3;3-5H2,1-2H3;2*4H,1-3H3;2*3-4H2,1-2H3;3H2,1-2H3;1-2H3/i2*2D2;;;;;4D;;3D2;;;. The molecule has 0 bridgehead atoms. The van der Waals surface area contributed by atoms with Crippen LogP contribution in [0.1, 0.15) is 337 Å². The second kappa shape index (κ2) is 79.2. The lowest BCUT2D eigenvalue weighted by molar-refractivity contribution is -0.170. The van der Waals surface area contributed by atoms with Crippen molar-refractivity contribution < 1.29 is 22.8 Å². The molecule has 0 aromatic rings. The van der Waals surface area contributed by atoms with E-state index < -0.39 is 31.2 Å². The van der Waals surface area contributed by atoms with E-state index in [0.717, 1.165) is 43.4 Å². The van der Waals surface area contributed by atoms with Gasteiger partial charge in [-0.1, -0.05) is 321 Å². The molecule has 380 valence electrons. The predicted molar refractivity (Wildman–Crippen MR) is 284 cm³/mol. The number of hydrogen-bond donors (Lipinski definition) is 0. The molecule has 1 unspecified atom stereocenters. The van der Waals surface area contributed by atoms with Crippen LogP contribution in [0.5, 0.6) is 0 Å². The minimum Gasteiger partial charge on any atom is -0.171 e. The number of halogens is 3. The summed E-state index contributed by atoms with van der Waals surface area (Å²) in [6.07, 6.45) is 16.6. The van der Waals surface area contributed by atoms with Crippen molar-refractivity contribution in [1.29, 1.82) is 0 Å². The van der Waals surface area contributed by atoms with Crippen molar-refractivity contribution in [2.45, 2.75) is 334 Å². The lowest BCUT2D eigenvalue weighted by atomic mass is 9.88. The van der Waals surface area contributed by atoms with E-state index in [1.54, 1.807) is 20.8 Å². The number of alkyl halides is 3. The van der Waals surface area contributed by atoms with Crippen LogP contribution in [-0.2, 0) is 0 Å². The first-order valence-electron chi connectivity index (χ1n) is 29.3. The number of unbranched alkanes of at least 4 members (excludes halogenated alkanes) is 3. The molecule has 2 aliphatic rings. The Hall–Kier alpha value is -0.210. The molecule has 3 heteroatoms. The van der Waals surface area contributed by atoms with Gasteiger partial charge in [-0.25, -0.2) is 0 Å². The summed E-state index contributed by atoms with van der Waals surface area (Å²) in [5.41, 5.74) is 0. The molecule has 2 saturated carbocycles. The van der Waals surface area contributed by atoms with Crippen LogP contribution in [-0.4, -0.2) is 6.18 Å². The topological polar surface area (TPSA) is 0 Å². The van der Waals surface area contributed by atoms with Crippen molar-refractivity contribution >= 4 is 0 Å². The first kappa shape index (κ1) is 64.1. The fourth-order valence-electron chi connectivity index (χ4n) is 3.77. The Kier molecular flexibility index (Phi) is 84.6. The molecule has 1 atom stereocenters. The van der Waals surface area contributed by atoms with Crippen LogP contribution in [0.2, 0.25) is 0 Å². The van der Waals surface area contributed by atoms with E-state index in [1.807, 2.05) is 41.5 Å². The summed E-state index contributed by atoms with van der Waals surface area (Å²) in [5, 5.41) is 0. The van der Waals surface area contributed by atoms with E-state index in [2.05, 4.69) is 104 Å². The van der Waals surface area contributed by atoms with E-state index >= 15 is 0 Å². The molecule has 0 nitrogen and oxygen atoms in total. The van der Waals surface area contributed by atoms with Gasteiger partial charge < -0.3 is 0 Å². The highest BCUT2D eigenvalue weighted by molar-refractivity contribution is 4.64. The number of rotatable bonds is 10. The Morgan fingerprint density at radius 1 is 0.483 bits per heavy atom. The molecule has 60 heavy (non-hydrogen) atoms. The largest absolute Gasteiger partial charge is 0.391 e. The molecule has 2 rings (SSSR count). The van der Waals surface area contributed by atoms with Gasteiger partial charge in [-0.15, -0.1) is 0 Å². The van der Waals surface area contributed by atoms with Gasteiger partial charge in [0.05, 0.1) is 5.92 Å². The molecule has 0 N–H and O–H groups in total. The minimum absolute atomic E-state index is 0.170. The van der Waals surface area contributed by atoms with Gasteiger partial charge in [0.2, 0.25) is 0 Å². The quantitative estimate of drug-likeness (QED) is 0.205. The van der Waals surface area contributed by atoms with E-state index in [1.165, 1.54) is 104 Å². The third kappa shape index (κ3) is 146. The van der Waals surface area contributed by atoms with Gasteiger partial charge in [0.15, 0.2) is 0 Å². The summed E-state index contributed by atoms with van der Waals surface area (Å²) in [4.78, 5) is 0. The van der Waals surface area contributed by atoms with Crippen LogP contribution in [0.15, 0.2) is 0 Å². The zero-order valence-corrected chi connectivity index (χ0v) is 47.2. The highest BCUT2D eigenvalue weighted by Gasteiger charge is 2.33. The van der Waals surface area contributed by atoms with Gasteiger partial charge in [-0.2, -0.15) is 13.2 Å². The Labute approximate surface area is 397 Å². The molecule has 0 aliphatic heterocycles. The van der Waals surface area contributed by atoms with Crippen LogP contribution in [0.3, 0.4) is 0 Å². The van der Waals surface area contributed by atoms with E-state index in [9.17, 15) is 13.2 Å². The SMILES string of the molecule is CC.CC(C)C.CCC.CCC(C)C.CCC(C)C(F)(F)F.CCCC.CCCC(C)C.CCCCC.[2H]C(C)(C)C.[2H]C([2H])(C)C1CCCC1.[2H]C([2H])(C)C1CCCCC1.[2H]C([2H])(C)CC. The molecule has 2 fully saturated rings. The molecular weight excluding hydrogens is 742 g/mol. The lowest BCUT2D eigenvalue weighted by Crippen LogP contribution is -2.18. The third-order valence-electron chi connectivity index (χ3n) is 8.19. The van der Waals surface area contributed by atoms with E-state index in [0.29, 0.717) is 18.3 Å². The Balaban J connectivity index is -0.0000000676. The van der Waals surface area contributed by atoms with Gasteiger partial charge in [0, 0.05) is 9.60 Å². The first-order chi connectivity index (χ1) is 30.3. The second-order valence-electron chi connectivity index (χ2n) is 17.7. The smallest absolute Gasteiger partial charge is 0.171 e. The molecule has 0 aromatic heterocycles. The van der Waals surface area contributed by atoms with Gasteiger partial charge in [0.25, 0.3) is 0 Å². The summed E-state index contributed by atoms with van der Waals surface area (Å²) in [5.74, 6) is 1.89. The fourth-order valence-corrected chi connectivity index (χ4v) is 3.77. The molecule has 0 heterocycles. The van der Waals surface area contributed by atoms with Gasteiger partial charge in [0.1, 0.15) is 0 Å². The maximum Gasteiger partial charge on any atom is 0.391 e. The zero-order valence-electron chi connectivity index (χ0n) is 54.2. The molecule has 2 aliphatic carbocycles. The molecule has 0 amide bonds. The summed E-state index contributed by atoms with van der Waals surface area (Å²) >= 11 is 0. The Morgan fingerprint density at radius 3 is 0.817 bits per heavy atom. The summed E-state index contributed by atoms with van der Waals surface area (Å²) < 4.78 is 84.8. The van der Waals surface area contributed by atoms with Crippen molar-refractivity contribution in [2.24, 2.45) is 41.4 Å². The average molecular weight is 881 g/mol. The average Bonchev–Trinajstić information content (AvgIpc) is 3.76. The van der Waals surface area contributed by atoms with Crippen molar-refractivity contribution in [3.05, 3.63) is 0 Å². The maximum atomic E-state index is 11.4. The summed E-state index contributed by atoms with van der Waals surface area (Å²) in [6.45, 7) is 52.0. The molecule has 0 spiro atoms. The maximum absolute atomic E-state index is 11.4.